The van der Waals surface area contributed by atoms with Crippen LogP contribution >= 0.6 is 0 Å². The summed E-state index contributed by atoms with van der Waals surface area (Å²) in [5.74, 6) is -2.01. The summed E-state index contributed by atoms with van der Waals surface area (Å²) in [4.78, 5) is 39.4. The third-order valence-electron chi connectivity index (χ3n) is 6.49. The van der Waals surface area contributed by atoms with Gasteiger partial charge in [0.2, 0.25) is 5.91 Å². The normalized spacial score (nSPS) is 13.2. The Bertz CT molecular complexity index is 1190. The van der Waals surface area contributed by atoms with Gasteiger partial charge >= 0.3 is 0 Å². The Labute approximate surface area is 223 Å². The van der Waals surface area contributed by atoms with E-state index in [4.69, 9.17) is 4.74 Å². The van der Waals surface area contributed by atoms with E-state index < -0.39 is 29.7 Å². The number of nitrogens with one attached hydrogen (secondary N) is 2. The number of hydrogen-bond donors (Lipinski definition) is 2. The number of carbonyl (C=O) groups excluding carboxylic acids is 3. The number of carbonyl (C=O) groups is 3. The van der Waals surface area contributed by atoms with Gasteiger partial charge in [0.1, 0.15) is 18.5 Å². The molecular formula is C31H35FN2O4. The van der Waals surface area contributed by atoms with E-state index >= 15 is 0 Å². The first-order chi connectivity index (χ1) is 18.4. The van der Waals surface area contributed by atoms with Crippen molar-refractivity contribution in [3.63, 3.8) is 0 Å². The monoisotopic (exact) mass is 518 g/mol. The molecule has 0 spiro atoms. The minimum Gasteiger partial charge on any atom is -0.369 e. The van der Waals surface area contributed by atoms with Gasteiger partial charge in [-0.05, 0) is 48.1 Å². The van der Waals surface area contributed by atoms with Crippen LogP contribution in [0, 0.1) is 11.7 Å². The van der Waals surface area contributed by atoms with Crippen molar-refractivity contribution in [3.05, 3.63) is 107 Å². The van der Waals surface area contributed by atoms with Crippen molar-refractivity contribution in [1.29, 1.82) is 0 Å². The quantitative estimate of drug-likeness (QED) is 0.319. The molecule has 3 aromatic carbocycles. The first kappa shape index (κ1) is 28.7. The predicted octanol–water partition coefficient (Wildman–Crippen LogP) is 4.87. The van der Waals surface area contributed by atoms with Crippen LogP contribution in [0.4, 0.5) is 4.39 Å². The molecule has 0 aliphatic rings. The molecule has 0 fully saturated rings. The van der Waals surface area contributed by atoms with Crippen molar-refractivity contribution >= 4 is 17.6 Å². The Hall–Kier alpha value is -3.84. The lowest BCUT2D eigenvalue weighted by Crippen LogP contribution is -2.54. The fraction of sp³-hybridized carbons (Fsp3) is 0.323. The number of halogens is 1. The fourth-order valence-electron chi connectivity index (χ4n) is 4.03. The van der Waals surface area contributed by atoms with E-state index in [0.29, 0.717) is 19.3 Å². The molecule has 3 rings (SSSR count). The maximum absolute atomic E-state index is 13.6. The number of hydrogen-bond acceptors (Lipinski definition) is 4. The van der Waals surface area contributed by atoms with Gasteiger partial charge in [0.05, 0.1) is 12.6 Å². The minimum absolute atomic E-state index is 0.122. The van der Waals surface area contributed by atoms with Crippen molar-refractivity contribution in [1.82, 2.24) is 10.6 Å². The van der Waals surface area contributed by atoms with Crippen LogP contribution in [0.25, 0.3) is 0 Å². The lowest BCUT2D eigenvalue weighted by molar-refractivity contribution is -0.132. The summed E-state index contributed by atoms with van der Waals surface area (Å²) >= 11 is 0. The van der Waals surface area contributed by atoms with E-state index in [9.17, 15) is 18.8 Å². The second-order valence-corrected chi connectivity index (χ2v) is 9.38. The van der Waals surface area contributed by atoms with Crippen molar-refractivity contribution in [3.8, 4) is 0 Å². The molecule has 38 heavy (non-hydrogen) atoms. The van der Waals surface area contributed by atoms with Gasteiger partial charge in [-0.3, -0.25) is 14.4 Å². The average molecular weight is 519 g/mol. The number of Topliss-reactive ketones (excluding diaryl/α,β-unsaturated/α-hetero) is 1. The molecule has 0 unspecified atom stereocenters. The zero-order valence-electron chi connectivity index (χ0n) is 21.9. The molecule has 0 aliphatic carbocycles. The van der Waals surface area contributed by atoms with E-state index in [1.807, 2.05) is 74.5 Å². The van der Waals surface area contributed by atoms with Crippen molar-refractivity contribution in [2.45, 2.75) is 51.8 Å². The van der Waals surface area contributed by atoms with Gasteiger partial charge in [-0.25, -0.2) is 4.39 Å². The van der Waals surface area contributed by atoms with E-state index in [1.54, 1.807) is 0 Å². The molecular weight excluding hydrogens is 483 g/mol. The molecule has 0 radical (unpaired) electrons. The molecule has 6 nitrogen and oxygen atoms in total. The first-order valence-electron chi connectivity index (χ1n) is 12.9. The van der Waals surface area contributed by atoms with E-state index in [0.717, 1.165) is 17.2 Å². The number of ketones is 1. The molecule has 7 heteroatoms. The highest BCUT2D eigenvalue weighted by Crippen LogP contribution is 2.13. The summed E-state index contributed by atoms with van der Waals surface area (Å²) in [5, 5.41) is 5.60. The summed E-state index contributed by atoms with van der Waals surface area (Å²) in [6, 6.07) is 22.8. The van der Waals surface area contributed by atoms with Crippen molar-refractivity contribution in [2.75, 3.05) is 6.61 Å². The Balaban J connectivity index is 1.70. The first-order valence-corrected chi connectivity index (χ1v) is 12.9. The highest BCUT2D eigenvalue weighted by molar-refractivity contribution is 5.98. The van der Waals surface area contributed by atoms with Crippen LogP contribution in [0.2, 0.25) is 0 Å². The van der Waals surface area contributed by atoms with Gasteiger partial charge in [-0.1, -0.05) is 87.0 Å². The molecule has 200 valence electrons. The van der Waals surface area contributed by atoms with Crippen LogP contribution in [-0.2, 0) is 27.4 Å². The highest BCUT2D eigenvalue weighted by Gasteiger charge is 2.30. The smallest absolute Gasteiger partial charge is 0.252 e. The van der Waals surface area contributed by atoms with Crippen LogP contribution in [-0.4, -0.2) is 36.3 Å². The molecule has 0 bridgehead atoms. The summed E-state index contributed by atoms with van der Waals surface area (Å²) in [6.45, 7) is 3.89. The summed E-state index contributed by atoms with van der Waals surface area (Å²) in [5.41, 5.74) is 2.11. The third-order valence-corrected chi connectivity index (χ3v) is 6.49. The molecule has 2 N–H and O–H groups in total. The number of benzene rings is 3. The lowest BCUT2D eigenvalue weighted by atomic mass is 9.96. The second kappa shape index (κ2) is 14.8. The maximum atomic E-state index is 13.6. The maximum Gasteiger partial charge on any atom is 0.252 e. The number of aryl methyl sites for hydroxylation is 1. The summed E-state index contributed by atoms with van der Waals surface area (Å²) < 4.78 is 19.3. The molecule has 0 aromatic heterocycles. The lowest BCUT2D eigenvalue weighted by Gasteiger charge is -2.26. The molecule has 0 saturated heterocycles. The standard InChI is InChI=1S/C31H35FN2O4/c1-3-22(2)29(34-30(36)25-15-10-16-26(32)19-25)31(37)33-27(18-17-23-11-6-4-7-12-23)28(35)21-38-20-24-13-8-5-9-14-24/h4-16,19,22,27,29H,3,17-18,20-21H2,1-2H3,(H,33,37)(H,34,36)/t22-,27-,29-/m0/s1. The average Bonchev–Trinajstić information content (AvgIpc) is 2.94. The van der Waals surface area contributed by atoms with Crippen LogP contribution < -0.4 is 10.6 Å². The summed E-state index contributed by atoms with van der Waals surface area (Å²) in [6.07, 6.45) is 1.58. The number of amides is 2. The third kappa shape index (κ3) is 8.92. The minimum atomic E-state index is -0.895. The van der Waals surface area contributed by atoms with E-state index in [1.165, 1.54) is 18.2 Å². The largest absolute Gasteiger partial charge is 0.369 e. The Morgan fingerprint density at radius 3 is 2.16 bits per heavy atom. The molecule has 3 aromatic rings. The number of ether oxygens (including phenoxy) is 1. The van der Waals surface area contributed by atoms with Gasteiger partial charge in [0.25, 0.3) is 5.91 Å². The van der Waals surface area contributed by atoms with Gasteiger partial charge in [-0.15, -0.1) is 0 Å². The van der Waals surface area contributed by atoms with Crippen LogP contribution in [0.5, 0.6) is 0 Å². The van der Waals surface area contributed by atoms with Crippen LogP contribution in [0.1, 0.15) is 48.2 Å². The van der Waals surface area contributed by atoms with Gasteiger partial charge in [0, 0.05) is 5.56 Å². The highest BCUT2D eigenvalue weighted by atomic mass is 19.1. The Morgan fingerprint density at radius 1 is 0.868 bits per heavy atom. The Kier molecular flexibility index (Phi) is 11.2. The van der Waals surface area contributed by atoms with Crippen molar-refractivity contribution < 1.29 is 23.5 Å². The molecule has 3 atom stereocenters. The molecule has 0 saturated carbocycles. The fourth-order valence-corrected chi connectivity index (χ4v) is 4.03. The zero-order valence-corrected chi connectivity index (χ0v) is 21.9. The summed E-state index contributed by atoms with van der Waals surface area (Å²) in [7, 11) is 0. The van der Waals surface area contributed by atoms with E-state index in [-0.39, 0.29) is 30.5 Å². The molecule has 2 amide bonds. The second-order valence-electron chi connectivity index (χ2n) is 9.38. The van der Waals surface area contributed by atoms with Gasteiger partial charge in [0.15, 0.2) is 5.78 Å². The molecule has 0 aliphatic heterocycles. The zero-order chi connectivity index (χ0) is 27.3. The van der Waals surface area contributed by atoms with Gasteiger partial charge < -0.3 is 15.4 Å². The topological polar surface area (TPSA) is 84.5 Å². The predicted molar refractivity (Wildman–Crippen MR) is 145 cm³/mol. The van der Waals surface area contributed by atoms with Crippen molar-refractivity contribution in [2.24, 2.45) is 5.92 Å². The molecule has 0 heterocycles. The SMILES string of the molecule is CC[C@H](C)[C@H](NC(=O)c1cccc(F)c1)C(=O)N[C@@H](CCc1ccccc1)C(=O)COCc1ccccc1. The van der Waals surface area contributed by atoms with Gasteiger partial charge in [-0.2, -0.15) is 0 Å². The Morgan fingerprint density at radius 2 is 1.53 bits per heavy atom. The number of rotatable bonds is 14. The van der Waals surface area contributed by atoms with Crippen LogP contribution in [0.15, 0.2) is 84.9 Å². The van der Waals surface area contributed by atoms with Crippen LogP contribution in [0.3, 0.4) is 0 Å². The van der Waals surface area contributed by atoms with E-state index in [2.05, 4.69) is 10.6 Å².